The summed E-state index contributed by atoms with van der Waals surface area (Å²) in [6.45, 7) is 10.5. The molecule has 1 aliphatic heterocycles. The summed E-state index contributed by atoms with van der Waals surface area (Å²) in [5.74, 6) is 0.851. The first-order chi connectivity index (χ1) is 9.09. The molecule has 1 heterocycles. The van der Waals surface area contributed by atoms with Crippen LogP contribution in [0.1, 0.15) is 40.0 Å². The number of nitrogens with one attached hydrogen (secondary N) is 1. The fourth-order valence-electron chi connectivity index (χ4n) is 2.80. The second kappa shape index (κ2) is 9.59. The van der Waals surface area contributed by atoms with Crippen LogP contribution in [0.25, 0.3) is 0 Å². The zero-order valence-corrected chi connectivity index (χ0v) is 14.2. The Morgan fingerprint density at radius 1 is 1.35 bits per heavy atom. The van der Waals surface area contributed by atoms with Gasteiger partial charge in [-0.05, 0) is 38.8 Å². The van der Waals surface area contributed by atoms with Gasteiger partial charge in [0.1, 0.15) is 0 Å². The van der Waals surface area contributed by atoms with Gasteiger partial charge in [0.25, 0.3) is 0 Å². The Morgan fingerprint density at radius 2 is 1.95 bits per heavy atom. The van der Waals surface area contributed by atoms with Gasteiger partial charge in [0.15, 0.2) is 0 Å². The number of carbonyl (C=O) groups is 1. The smallest absolute Gasteiger partial charge is 0.231 e. The molecule has 0 aromatic carbocycles. The second-order valence-corrected chi connectivity index (χ2v) is 5.82. The fraction of sp³-hybridized carbons (Fsp3) is 0.933. The van der Waals surface area contributed by atoms with Crippen LogP contribution < -0.4 is 5.32 Å². The molecule has 0 bridgehead atoms. The van der Waals surface area contributed by atoms with E-state index < -0.39 is 0 Å². The Labute approximate surface area is 130 Å². The minimum Gasteiger partial charge on any atom is -0.384 e. The van der Waals surface area contributed by atoms with Crippen molar-refractivity contribution >= 4 is 18.3 Å². The lowest BCUT2D eigenvalue weighted by Crippen LogP contribution is -2.52. The van der Waals surface area contributed by atoms with E-state index in [0.717, 1.165) is 45.4 Å². The molecule has 1 unspecified atom stereocenters. The van der Waals surface area contributed by atoms with Crippen molar-refractivity contribution in [3.63, 3.8) is 0 Å². The van der Waals surface area contributed by atoms with Gasteiger partial charge in [-0.3, -0.25) is 4.79 Å². The van der Waals surface area contributed by atoms with Crippen molar-refractivity contribution in [2.24, 2.45) is 11.3 Å². The summed E-state index contributed by atoms with van der Waals surface area (Å²) in [5.41, 5.74) is -0.302. The van der Waals surface area contributed by atoms with Gasteiger partial charge in [0.05, 0.1) is 12.0 Å². The van der Waals surface area contributed by atoms with E-state index in [1.54, 1.807) is 7.11 Å². The largest absolute Gasteiger partial charge is 0.384 e. The molecule has 20 heavy (non-hydrogen) atoms. The molecule has 120 valence electrons. The van der Waals surface area contributed by atoms with Gasteiger partial charge in [0.2, 0.25) is 5.91 Å². The van der Waals surface area contributed by atoms with Gasteiger partial charge in [-0.15, -0.1) is 12.4 Å². The second-order valence-electron chi connectivity index (χ2n) is 5.82. The lowest BCUT2D eigenvalue weighted by molar-refractivity contribution is -0.148. The molecule has 1 aliphatic rings. The van der Waals surface area contributed by atoms with Crippen LogP contribution in [0, 0.1) is 11.3 Å². The molecule has 1 rings (SSSR count). The highest BCUT2D eigenvalue weighted by atomic mass is 35.5. The maximum atomic E-state index is 12.9. The molecule has 0 saturated carbocycles. The van der Waals surface area contributed by atoms with Crippen molar-refractivity contribution < 1.29 is 9.53 Å². The molecule has 0 aliphatic carbocycles. The molecule has 1 atom stereocenters. The van der Waals surface area contributed by atoms with Crippen LogP contribution in [0.5, 0.6) is 0 Å². The van der Waals surface area contributed by atoms with Crippen LogP contribution >= 0.6 is 12.4 Å². The molecule has 0 aromatic rings. The lowest BCUT2D eigenvalue weighted by atomic mass is 9.78. The Morgan fingerprint density at radius 3 is 2.40 bits per heavy atom. The van der Waals surface area contributed by atoms with Crippen LogP contribution in [-0.4, -0.2) is 50.7 Å². The number of halogens is 1. The Kier molecular flexibility index (Phi) is 9.43. The highest BCUT2D eigenvalue weighted by Gasteiger charge is 2.41. The number of nitrogens with zero attached hydrogens (tertiary/aromatic N) is 1. The number of piperidine rings is 1. The van der Waals surface area contributed by atoms with Crippen LogP contribution in [0.3, 0.4) is 0 Å². The van der Waals surface area contributed by atoms with Crippen LogP contribution in [0.15, 0.2) is 0 Å². The number of ether oxygens (including phenoxy) is 1. The van der Waals surface area contributed by atoms with E-state index in [-0.39, 0.29) is 17.8 Å². The number of amides is 1. The first kappa shape index (κ1) is 19.7. The van der Waals surface area contributed by atoms with Crippen molar-refractivity contribution in [1.82, 2.24) is 10.2 Å². The maximum absolute atomic E-state index is 12.9. The zero-order chi connectivity index (χ0) is 14.3. The molecular formula is C15H31ClN2O2. The monoisotopic (exact) mass is 306 g/mol. The van der Waals surface area contributed by atoms with Crippen molar-refractivity contribution in [2.75, 3.05) is 39.9 Å². The molecule has 1 fully saturated rings. The zero-order valence-electron chi connectivity index (χ0n) is 13.4. The average molecular weight is 307 g/mol. The number of hydrogen-bond acceptors (Lipinski definition) is 3. The van der Waals surface area contributed by atoms with E-state index >= 15 is 0 Å². The summed E-state index contributed by atoms with van der Waals surface area (Å²) in [6.07, 6.45) is 2.88. The Hall–Kier alpha value is -0.320. The highest BCUT2D eigenvalue weighted by molar-refractivity contribution is 5.85. The molecule has 1 N–H and O–H groups in total. The molecule has 5 heteroatoms. The predicted molar refractivity (Wildman–Crippen MR) is 85.4 cm³/mol. The van der Waals surface area contributed by atoms with Crippen LogP contribution in [-0.2, 0) is 9.53 Å². The van der Waals surface area contributed by atoms with Gasteiger partial charge >= 0.3 is 0 Å². The minimum absolute atomic E-state index is 0. The van der Waals surface area contributed by atoms with E-state index in [9.17, 15) is 4.79 Å². The fourth-order valence-corrected chi connectivity index (χ4v) is 2.80. The first-order valence-electron chi connectivity index (χ1n) is 7.58. The summed E-state index contributed by atoms with van der Waals surface area (Å²) < 4.78 is 5.36. The minimum atomic E-state index is -0.302. The standard InChI is InChI=1S/C15H30N2O2.ClH/c1-5-13(3)11-17(6-2)14(18)15(12-19-4)7-9-16-10-8-15;/h13,16H,5-12H2,1-4H3;1H. The van der Waals surface area contributed by atoms with Crippen molar-refractivity contribution in [1.29, 1.82) is 0 Å². The summed E-state index contributed by atoms with van der Waals surface area (Å²) in [7, 11) is 1.70. The summed E-state index contributed by atoms with van der Waals surface area (Å²) >= 11 is 0. The van der Waals surface area contributed by atoms with Gasteiger partial charge in [-0.2, -0.15) is 0 Å². The third-order valence-corrected chi connectivity index (χ3v) is 4.33. The lowest BCUT2D eigenvalue weighted by Gasteiger charge is -2.40. The molecule has 0 aromatic heterocycles. The van der Waals surface area contributed by atoms with E-state index in [0.29, 0.717) is 18.4 Å². The van der Waals surface area contributed by atoms with Gasteiger partial charge in [-0.25, -0.2) is 0 Å². The van der Waals surface area contributed by atoms with Gasteiger partial charge in [0, 0.05) is 20.2 Å². The average Bonchev–Trinajstić information content (AvgIpc) is 2.45. The van der Waals surface area contributed by atoms with Gasteiger partial charge < -0.3 is 15.0 Å². The van der Waals surface area contributed by atoms with Gasteiger partial charge in [-0.1, -0.05) is 20.3 Å². The van der Waals surface area contributed by atoms with Crippen molar-refractivity contribution in [3.05, 3.63) is 0 Å². The van der Waals surface area contributed by atoms with Crippen molar-refractivity contribution in [2.45, 2.75) is 40.0 Å². The number of rotatable bonds is 7. The van der Waals surface area contributed by atoms with E-state index in [1.165, 1.54) is 0 Å². The number of carbonyl (C=O) groups excluding carboxylic acids is 1. The Balaban J connectivity index is 0.00000361. The Bertz CT molecular complexity index is 276. The van der Waals surface area contributed by atoms with Crippen LogP contribution in [0.4, 0.5) is 0 Å². The highest BCUT2D eigenvalue weighted by Crippen LogP contribution is 2.32. The molecule has 0 spiro atoms. The molecular weight excluding hydrogens is 276 g/mol. The third-order valence-electron chi connectivity index (χ3n) is 4.33. The molecule has 1 amide bonds. The summed E-state index contributed by atoms with van der Waals surface area (Å²) in [6, 6.07) is 0. The summed E-state index contributed by atoms with van der Waals surface area (Å²) in [4.78, 5) is 14.9. The normalized spacial score (nSPS) is 19.0. The van der Waals surface area contributed by atoms with E-state index in [1.807, 2.05) is 4.90 Å². The maximum Gasteiger partial charge on any atom is 0.231 e. The topological polar surface area (TPSA) is 41.6 Å². The number of hydrogen-bond donors (Lipinski definition) is 1. The molecule has 4 nitrogen and oxygen atoms in total. The molecule has 1 saturated heterocycles. The predicted octanol–water partition coefficient (Wildman–Crippen LogP) is 2.32. The van der Waals surface area contributed by atoms with E-state index in [4.69, 9.17) is 4.74 Å². The van der Waals surface area contributed by atoms with Crippen molar-refractivity contribution in [3.8, 4) is 0 Å². The quantitative estimate of drug-likeness (QED) is 0.785. The third kappa shape index (κ3) is 4.90. The van der Waals surface area contributed by atoms with E-state index in [2.05, 4.69) is 26.1 Å². The SMILES string of the molecule is CCC(C)CN(CC)C(=O)C1(COC)CCNCC1.Cl. The molecule has 0 radical (unpaired) electrons. The van der Waals surface area contributed by atoms with Crippen LogP contribution in [0.2, 0.25) is 0 Å². The first-order valence-corrected chi connectivity index (χ1v) is 7.58. The summed E-state index contributed by atoms with van der Waals surface area (Å²) in [5, 5.41) is 3.34. The number of methoxy groups -OCH3 is 1.